The molecule has 3 heterocycles. The van der Waals surface area contributed by atoms with Crippen LogP contribution in [0.5, 0.6) is 0 Å². The Hall–Kier alpha value is -2.60. The van der Waals surface area contributed by atoms with Crippen molar-refractivity contribution in [1.29, 1.82) is 0 Å². The first-order chi connectivity index (χ1) is 14.6. The Morgan fingerprint density at radius 2 is 2.03 bits per heavy atom. The van der Waals surface area contributed by atoms with E-state index in [0.717, 1.165) is 34.3 Å². The Bertz CT molecular complexity index is 1070. The van der Waals surface area contributed by atoms with Crippen LogP contribution in [0.1, 0.15) is 46.6 Å². The van der Waals surface area contributed by atoms with Crippen LogP contribution in [0.3, 0.4) is 0 Å². The van der Waals surface area contributed by atoms with Crippen molar-refractivity contribution in [1.82, 2.24) is 10.3 Å². The van der Waals surface area contributed by atoms with Gasteiger partial charge in [-0.25, -0.2) is 4.98 Å². The summed E-state index contributed by atoms with van der Waals surface area (Å²) in [6, 6.07) is 13.5. The van der Waals surface area contributed by atoms with Gasteiger partial charge in [-0.3, -0.25) is 4.79 Å². The number of aryl methyl sites for hydroxylation is 1. The second-order valence-corrected chi connectivity index (χ2v) is 9.56. The number of rotatable bonds is 5. The van der Waals surface area contributed by atoms with Gasteiger partial charge in [0.2, 0.25) is 0 Å². The number of pyridine rings is 1. The topological polar surface area (TPSA) is 71.2 Å². The van der Waals surface area contributed by atoms with Crippen LogP contribution in [0, 0.1) is 12.8 Å². The molecule has 3 aromatic rings. The zero-order chi connectivity index (χ0) is 20.7. The van der Waals surface area contributed by atoms with Crippen LogP contribution in [-0.4, -0.2) is 30.0 Å². The third-order valence-electron chi connectivity index (χ3n) is 6.67. The number of carbonyl (C=O) groups excluding carboxylic acids is 1. The maximum Gasteiger partial charge on any atom is 0.263 e. The minimum absolute atomic E-state index is 0.117. The van der Waals surface area contributed by atoms with E-state index in [1.54, 1.807) is 0 Å². The van der Waals surface area contributed by atoms with Crippen LogP contribution >= 0.6 is 11.3 Å². The molecule has 6 heteroatoms. The molecular formula is C24H28N4OS. The largest absolute Gasteiger partial charge is 0.397 e. The highest BCUT2D eigenvalue weighted by molar-refractivity contribution is 7.21. The highest BCUT2D eigenvalue weighted by Crippen LogP contribution is 2.40. The molecule has 2 fully saturated rings. The smallest absolute Gasteiger partial charge is 0.263 e. The molecule has 1 saturated carbocycles. The molecule has 1 amide bonds. The second kappa shape index (κ2) is 7.91. The Morgan fingerprint density at radius 3 is 2.87 bits per heavy atom. The molecule has 5 rings (SSSR count). The van der Waals surface area contributed by atoms with Gasteiger partial charge in [0, 0.05) is 35.9 Å². The highest BCUT2D eigenvalue weighted by Gasteiger charge is 2.37. The van der Waals surface area contributed by atoms with Gasteiger partial charge < -0.3 is 16.0 Å². The number of nitrogens with one attached hydrogen (secondary N) is 1. The summed E-state index contributed by atoms with van der Waals surface area (Å²) in [5.74, 6) is 0.787. The van der Waals surface area contributed by atoms with E-state index in [-0.39, 0.29) is 5.91 Å². The standard InChI is InChI=1S/C24H28N4OS/c1-15-5-10-19-21(25)22(30-24(19)27-15)23(29)26-13-11-16-6-8-18(9-7-16)28-14-12-17-3-2-4-20(17)28/h5-10,17,20H,2-4,11-14,25H2,1H3,(H,26,29)/t17-,20-/m0/s1. The Balaban J connectivity index is 1.19. The summed E-state index contributed by atoms with van der Waals surface area (Å²) in [5, 5.41) is 3.88. The first-order valence-corrected chi connectivity index (χ1v) is 11.7. The van der Waals surface area contributed by atoms with Crippen LogP contribution in [0.4, 0.5) is 11.4 Å². The van der Waals surface area contributed by atoms with Crippen LogP contribution in [0.25, 0.3) is 10.2 Å². The van der Waals surface area contributed by atoms with E-state index in [1.807, 2.05) is 19.1 Å². The summed E-state index contributed by atoms with van der Waals surface area (Å²) in [6.45, 7) is 3.72. The Kier molecular flexibility index (Phi) is 5.11. The number of nitrogens with two attached hydrogens (primary N) is 1. The molecule has 1 aliphatic carbocycles. The number of fused-ring (bicyclic) bond motifs is 2. The van der Waals surface area contributed by atoms with Crippen LogP contribution in [0.2, 0.25) is 0 Å². The van der Waals surface area contributed by atoms with Crippen LogP contribution in [0.15, 0.2) is 36.4 Å². The van der Waals surface area contributed by atoms with Gasteiger partial charge >= 0.3 is 0 Å². The molecular weight excluding hydrogens is 392 g/mol. The lowest BCUT2D eigenvalue weighted by Crippen LogP contribution is -2.29. The number of benzene rings is 1. The van der Waals surface area contributed by atoms with E-state index in [2.05, 4.69) is 39.5 Å². The van der Waals surface area contributed by atoms with Gasteiger partial charge in [0.1, 0.15) is 9.71 Å². The number of hydrogen-bond acceptors (Lipinski definition) is 5. The number of nitrogen functional groups attached to an aromatic ring is 1. The van der Waals surface area contributed by atoms with E-state index >= 15 is 0 Å². The molecule has 0 bridgehead atoms. The van der Waals surface area contributed by atoms with Gasteiger partial charge in [-0.05, 0) is 68.4 Å². The second-order valence-electron chi connectivity index (χ2n) is 8.56. The first kappa shape index (κ1) is 19.4. The molecule has 0 spiro atoms. The van der Waals surface area contributed by atoms with Crippen molar-refractivity contribution in [2.75, 3.05) is 23.7 Å². The van der Waals surface area contributed by atoms with E-state index in [0.29, 0.717) is 17.1 Å². The zero-order valence-electron chi connectivity index (χ0n) is 17.4. The first-order valence-electron chi connectivity index (χ1n) is 10.9. The predicted octanol–water partition coefficient (Wildman–Crippen LogP) is 4.54. The molecule has 156 valence electrons. The van der Waals surface area contributed by atoms with Gasteiger partial charge in [0.25, 0.3) is 5.91 Å². The minimum atomic E-state index is -0.117. The summed E-state index contributed by atoms with van der Waals surface area (Å²) in [5.41, 5.74) is 10.2. The molecule has 0 radical (unpaired) electrons. The van der Waals surface area contributed by atoms with Gasteiger partial charge in [0.15, 0.2) is 0 Å². The number of hydrogen-bond donors (Lipinski definition) is 2. The molecule has 2 aromatic heterocycles. The maximum absolute atomic E-state index is 12.6. The lowest BCUT2D eigenvalue weighted by molar-refractivity contribution is 0.0959. The number of carbonyl (C=O) groups is 1. The van der Waals surface area contributed by atoms with Crippen molar-refractivity contribution < 1.29 is 4.79 Å². The summed E-state index contributed by atoms with van der Waals surface area (Å²) < 4.78 is 0. The molecule has 0 unspecified atom stereocenters. The summed E-state index contributed by atoms with van der Waals surface area (Å²) in [6.07, 6.45) is 6.27. The fraction of sp³-hybridized carbons (Fsp3) is 0.417. The molecule has 2 aliphatic rings. The molecule has 1 saturated heterocycles. The quantitative estimate of drug-likeness (QED) is 0.636. The van der Waals surface area contributed by atoms with Gasteiger partial charge in [-0.15, -0.1) is 11.3 Å². The lowest BCUT2D eigenvalue weighted by atomic mass is 10.0. The molecule has 2 atom stereocenters. The van der Waals surface area contributed by atoms with E-state index in [4.69, 9.17) is 5.73 Å². The third kappa shape index (κ3) is 3.54. The van der Waals surface area contributed by atoms with E-state index in [9.17, 15) is 4.79 Å². The summed E-state index contributed by atoms with van der Waals surface area (Å²) in [7, 11) is 0. The van der Waals surface area contributed by atoms with Crippen molar-refractivity contribution in [3.8, 4) is 0 Å². The van der Waals surface area contributed by atoms with Crippen molar-refractivity contribution in [3.63, 3.8) is 0 Å². The minimum Gasteiger partial charge on any atom is -0.397 e. The van der Waals surface area contributed by atoms with Gasteiger partial charge in [-0.2, -0.15) is 0 Å². The fourth-order valence-corrected chi connectivity index (χ4v) is 6.12. The van der Waals surface area contributed by atoms with Crippen LogP contribution < -0.4 is 16.0 Å². The molecule has 30 heavy (non-hydrogen) atoms. The average molecular weight is 421 g/mol. The van der Waals surface area contributed by atoms with Crippen molar-refractivity contribution in [2.45, 2.75) is 45.1 Å². The normalized spacial score (nSPS) is 20.6. The SMILES string of the molecule is Cc1ccc2c(N)c(C(=O)NCCc3ccc(N4CC[C@@H]5CCC[C@@H]54)cc3)sc2n1. The molecule has 1 aliphatic heterocycles. The fourth-order valence-electron chi connectivity index (χ4n) is 5.07. The van der Waals surface area contributed by atoms with Crippen molar-refractivity contribution >= 4 is 38.8 Å². The van der Waals surface area contributed by atoms with E-state index < -0.39 is 0 Å². The van der Waals surface area contributed by atoms with Gasteiger partial charge in [-0.1, -0.05) is 18.6 Å². The Morgan fingerprint density at radius 1 is 1.20 bits per heavy atom. The highest BCUT2D eigenvalue weighted by atomic mass is 32.1. The maximum atomic E-state index is 12.6. The predicted molar refractivity (Wildman–Crippen MR) is 124 cm³/mol. The lowest BCUT2D eigenvalue weighted by Gasteiger charge is -2.26. The monoisotopic (exact) mass is 420 g/mol. The van der Waals surface area contributed by atoms with E-state index in [1.165, 1.54) is 54.8 Å². The number of anilines is 2. The van der Waals surface area contributed by atoms with Crippen LogP contribution in [-0.2, 0) is 6.42 Å². The van der Waals surface area contributed by atoms with Gasteiger partial charge in [0.05, 0.1) is 5.69 Å². The Labute approximate surface area is 181 Å². The summed E-state index contributed by atoms with van der Waals surface area (Å²) >= 11 is 1.36. The molecule has 3 N–H and O–H groups in total. The number of aromatic nitrogens is 1. The number of nitrogens with zero attached hydrogens (tertiary/aromatic N) is 2. The van der Waals surface area contributed by atoms with Crippen molar-refractivity contribution in [2.24, 2.45) is 5.92 Å². The molecule has 1 aromatic carbocycles. The zero-order valence-corrected chi connectivity index (χ0v) is 18.2. The number of thiophene rings is 1. The number of amides is 1. The summed E-state index contributed by atoms with van der Waals surface area (Å²) in [4.78, 5) is 21.1. The molecule has 5 nitrogen and oxygen atoms in total. The third-order valence-corrected chi connectivity index (χ3v) is 7.78. The average Bonchev–Trinajstić information content (AvgIpc) is 3.43. The van der Waals surface area contributed by atoms with Crippen molar-refractivity contribution in [3.05, 3.63) is 52.5 Å².